The molecule has 0 atom stereocenters. The van der Waals surface area contributed by atoms with Gasteiger partial charge >= 0.3 is 0 Å². The van der Waals surface area contributed by atoms with Crippen LogP contribution in [0, 0.1) is 5.41 Å². The predicted octanol–water partition coefficient (Wildman–Crippen LogP) is 2.19. The molecule has 4 rings (SSSR count). The van der Waals surface area contributed by atoms with Crippen LogP contribution >= 0.6 is 24.8 Å². The fourth-order valence-corrected chi connectivity index (χ4v) is 4.37. The van der Waals surface area contributed by atoms with Crippen molar-refractivity contribution in [2.24, 2.45) is 11.1 Å². The number of hydrogen-bond acceptors (Lipinski definition) is 4. The van der Waals surface area contributed by atoms with E-state index in [4.69, 9.17) is 5.73 Å². The molecule has 8 heteroatoms. The molecule has 6 nitrogen and oxygen atoms in total. The van der Waals surface area contributed by atoms with Crippen LogP contribution in [0.5, 0.6) is 0 Å². The summed E-state index contributed by atoms with van der Waals surface area (Å²) in [6, 6.07) is 3.99. The lowest BCUT2D eigenvalue weighted by Gasteiger charge is -2.47. The topological polar surface area (TPSA) is 79.5 Å². The second-order valence-electron chi connectivity index (χ2n) is 8.37. The Balaban J connectivity index is 0.00000140. The SMILES string of the molecule is Cl.Cl.NC1(C(=O)N2CCC3(CCC(=O)N(CCc4cccnc4)C3)CC2)CC1. The first-order chi connectivity index (χ1) is 12.5. The van der Waals surface area contributed by atoms with Crippen LogP contribution in [0.15, 0.2) is 24.5 Å². The van der Waals surface area contributed by atoms with E-state index >= 15 is 0 Å². The van der Waals surface area contributed by atoms with Crippen LogP contribution in [0.2, 0.25) is 0 Å². The molecule has 1 aromatic rings. The Labute approximate surface area is 179 Å². The smallest absolute Gasteiger partial charge is 0.242 e. The number of halogens is 2. The van der Waals surface area contributed by atoms with Gasteiger partial charge in [0.25, 0.3) is 0 Å². The maximum absolute atomic E-state index is 12.5. The lowest BCUT2D eigenvalue weighted by atomic mass is 9.72. The molecular weight excluding hydrogens is 399 g/mol. The molecule has 3 heterocycles. The quantitative estimate of drug-likeness (QED) is 0.796. The van der Waals surface area contributed by atoms with E-state index in [9.17, 15) is 9.59 Å². The minimum absolute atomic E-state index is 0. The van der Waals surface area contributed by atoms with Crippen LogP contribution in [0.3, 0.4) is 0 Å². The zero-order chi connectivity index (χ0) is 18.2. The van der Waals surface area contributed by atoms with E-state index in [0.717, 1.165) is 70.3 Å². The molecule has 3 aliphatic rings. The van der Waals surface area contributed by atoms with Gasteiger partial charge in [0.1, 0.15) is 0 Å². The fourth-order valence-electron chi connectivity index (χ4n) is 4.37. The van der Waals surface area contributed by atoms with Crippen molar-refractivity contribution in [1.29, 1.82) is 0 Å². The van der Waals surface area contributed by atoms with Gasteiger partial charge in [-0.25, -0.2) is 0 Å². The van der Waals surface area contributed by atoms with Crippen LogP contribution in [0.25, 0.3) is 0 Å². The van der Waals surface area contributed by atoms with Crippen molar-refractivity contribution in [3.8, 4) is 0 Å². The lowest BCUT2D eigenvalue weighted by molar-refractivity contribution is -0.143. The molecular formula is C20H30Cl2N4O2. The molecule has 2 amide bonds. The Morgan fingerprint density at radius 1 is 1.14 bits per heavy atom. The van der Waals surface area contributed by atoms with Gasteiger partial charge in [-0.05, 0) is 55.6 Å². The van der Waals surface area contributed by atoms with Crippen molar-refractivity contribution < 1.29 is 9.59 Å². The van der Waals surface area contributed by atoms with E-state index in [0.29, 0.717) is 6.42 Å². The molecule has 28 heavy (non-hydrogen) atoms. The molecule has 2 saturated heterocycles. The summed E-state index contributed by atoms with van der Waals surface area (Å²) in [7, 11) is 0. The predicted molar refractivity (Wildman–Crippen MR) is 113 cm³/mol. The molecule has 0 unspecified atom stereocenters. The summed E-state index contributed by atoms with van der Waals surface area (Å²) in [6.45, 7) is 3.13. The number of nitrogens with zero attached hydrogens (tertiary/aromatic N) is 3. The normalized spacial score (nSPS) is 22.2. The summed E-state index contributed by atoms with van der Waals surface area (Å²) < 4.78 is 0. The molecule has 1 aliphatic carbocycles. The van der Waals surface area contributed by atoms with E-state index < -0.39 is 5.54 Å². The first-order valence-electron chi connectivity index (χ1n) is 9.75. The summed E-state index contributed by atoms with van der Waals surface area (Å²) >= 11 is 0. The Kier molecular flexibility index (Phi) is 7.34. The van der Waals surface area contributed by atoms with E-state index in [-0.39, 0.29) is 42.0 Å². The zero-order valence-corrected chi connectivity index (χ0v) is 17.8. The van der Waals surface area contributed by atoms with Crippen molar-refractivity contribution in [3.63, 3.8) is 0 Å². The minimum Gasteiger partial charge on any atom is -0.342 e. The van der Waals surface area contributed by atoms with E-state index in [1.54, 1.807) is 6.20 Å². The number of amides is 2. The molecule has 1 saturated carbocycles. The average molecular weight is 429 g/mol. The number of piperidine rings is 2. The van der Waals surface area contributed by atoms with Crippen LogP contribution < -0.4 is 5.73 Å². The fraction of sp³-hybridized carbons (Fsp3) is 0.650. The average Bonchev–Trinajstić information content (AvgIpc) is 3.42. The van der Waals surface area contributed by atoms with Gasteiger partial charge in [0.05, 0.1) is 5.54 Å². The van der Waals surface area contributed by atoms with Crippen LogP contribution in [0.4, 0.5) is 0 Å². The highest BCUT2D eigenvalue weighted by Gasteiger charge is 2.50. The Hall–Kier alpha value is -1.37. The number of rotatable bonds is 4. The molecule has 2 aliphatic heterocycles. The van der Waals surface area contributed by atoms with Crippen LogP contribution in [-0.2, 0) is 16.0 Å². The number of nitrogens with two attached hydrogens (primary N) is 1. The monoisotopic (exact) mass is 428 g/mol. The van der Waals surface area contributed by atoms with Gasteiger partial charge in [-0.1, -0.05) is 6.07 Å². The Bertz CT molecular complexity index is 689. The summed E-state index contributed by atoms with van der Waals surface area (Å²) in [5.41, 5.74) is 6.85. The maximum Gasteiger partial charge on any atom is 0.242 e. The van der Waals surface area contributed by atoms with E-state index in [1.165, 1.54) is 0 Å². The molecule has 1 spiro atoms. The molecule has 2 N–H and O–H groups in total. The van der Waals surface area contributed by atoms with Gasteiger partial charge in [-0.2, -0.15) is 0 Å². The maximum atomic E-state index is 12.5. The number of carbonyl (C=O) groups is 2. The first-order valence-corrected chi connectivity index (χ1v) is 9.75. The highest BCUT2D eigenvalue weighted by Crippen LogP contribution is 2.42. The first kappa shape index (κ1) is 22.9. The number of pyridine rings is 1. The van der Waals surface area contributed by atoms with Gasteiger partial charge in [-0.3, -0.25) is 14.6 Å². The number of likely N-dealkylation sites (tertiary alicyclic amines) is 2. The minimum atomic E-state index is -0.567. The van der Waals surface area contributed by atoms with Gasteiger partial charge < -0.3 is 15.5 Å². The third-order valence-electron chi connectivity index (χ3n) is 6.47. The third-order valence-corrected chi connectivity index (χ3v) is 6.47. The summed E-state index contributed by atoms with van der Waals surface area (Å²) in [4.78, 5) is 33.0. The number of hydrogen-bond donors (Lipinski definition) is 1. The standard InChI is InChI=1S/C20H28N4O2.2ClH/c21-20(6-7-20)18(26)23-12-8-19(9-13-23)5-3-17(25)24(15-19)11-4-16-2-1-10-22-14-16;;/h1-2,10,14H,3-9,11-13,15,21H2;2*1H. The lowest BCUT2D eigenvalue weighted by Crippen LogP contribution is -2.55. The molecule has 156 valence electrons. The number of aromatic nitrogens is 1. The zero-order valence-electron chi connectivity index (χ0n) is 16.1. The highest BCUT2D eigenvalue weighted by atomic mass is 35.5. The van der Waals surface area contributed by atoms with Crippen molar-refractivity contribution >= 4 is 36.6 Å². The summed E-state index contributed by atoms with van der Waals surface area (Å²) in [5, 5.41) is 0. The van der Waals surface area contributed by atoms with Crippen molar-refractivity contribution in [1.82, 2.24) is 14.8 Å². The van der Waals surface area contributed by atoms with Crippen molar-refractivity contribution in [2.45, 2.75) is 50.5 Å². The van der Waals surface area contributed by atoms with E-state index in [2.05, 4.69) is 11.1 Å². The van der Waals surface area contributed by atoms with Crippen LogP contribution in [-0.4, -0.2) is 58.3 Å². The van der Waals surface area contributed by atoms with Crippen LogP contribution in [0.1, 0.15) is 44.1 Å². The second-order valence-corrected chi connectivity index (χ2v) is 8.37. The molecule has 0 radical (unpaired) electrons. The molecule has 3 fully saturated rings. The Morgan fingerprint density at radius 2 is 1.86 bits per heavy atom. The van der Waals surface area contributed by atoms with Crippen molar-refractivity contribution in [2.75, 3.05) is 26.2 Å². The third kappa shape index (κ3) is 4.78. The van der Waals surface area contributed by atoms with Gasteiger partial charge in [0, 0.05) is 45.0 Å². The number of carbonyl (C=O) groups excluding carboxylic acids is 2. The van der Waals surface area contributed by atoms with Gasteiger partial charge in [-0.15, -0.1) is 24.8 Å². The Morgan fingerprint density at radius 3 is 2.46 bits per heavy atom. The molecule has 0 bridgehead atoms. The summed E-state index contributed by atoms with van der Waals surface area (Å²) in [5.74, 6) is 0.393. The van der Waals surface area contributed by atoms with Gasteiger partial charge in [0.2, 0.25) is 11.8 Å². The van der Waals surface area contributed by atoms with Crippen molar-refractivity contribution in [3.05, 3.63) is 30.1 Å². The van der Waals surface area contributed by atoms with E-state index in [1.807, 2.05) is 22.1 Å². The largest absolute Gasteiger partial charge is 0.342 e. The molecule has 0 aromatic carbocycles. The highest BCUT2D eigenvalue weighted by molar-refractivity contribution is 5.89. The van der Waals surface area contributed by atoms with Gasteiger partial charge in [0.15, 0.2) is 0 Å². The summed E-state index contributed by atoms with van der Waals surface area (Å²) in [6.07, 6.45) is 9.66. The second kappa shape index (κ2) is 8.97. The molecule has 1 aromatic heterocycles.